The van der Waals surface area contributed by atoms with Crippen LogP contribution in [-0.4, -0.2) is 36.8 Å². The number of pyridine rings is 1. The number of ether oxygens (including phenoxy) is 1. The molecule has 5 heteroatoms. The quantitative estimate of drug-likeness (QED) is 0.838. The Kier molecular flexibility index (Phi) is 4.49. The maximum atomic E-state index is 5.56. The van der Waals surface area contributed by atoms with E-state index in [4.69, 9.17) is 22.7 Å². The summed E-state index contributed by atoms with van der Waals surface area (Å²) in [4.78, 5) is 7.12. The molecular weight excluding hydrogens is 246 g/mol. The summed E-state index contributed by atoms with van der Waals surface area (Å²) in [6.45, 7) is 2.93. The number of methoxy groups -OCH3 is 1. The highest BCUT2D eigenvalue weighted by molar-refractivity contribution is 7.80. The molecule has 0 atom stereocenters. The van der Waals surface area contributed by atoms with E-state index in [9.17, 15) is 0 Å². The largest absolute Gasteiger partial charge is 0.389 e. The lowest BCUT2D eigenvalue weighted by Gasteiger charge is -2.32. The van der Waals surface area contributed by atoms with Gasteiger partial charge in [0.05, 0.1) is 0 Å². The summed E-state index contributed by atoms with van der Waals surface area (Å²) in [6.07, 6.45) is 4.07. The molecule has 0 bridgehead atoms. The van der Waals surface area contributed by atoms with Crippen molar-refractivity contribution >= 4 is 23.0 Å². The molecule has 1 aliphatic rings. The molecule has 18 heavy (non-hydrogen) atoms. The van der Waals surface area contributed by atoms with Crippen LogP contribution >= 0.6 is 12.2 Å². The Labute approximate surface area is 113 Å². The molecule has 1 aromatic rings. The zero-order valence-electron chi connectivity index (χ0n) is 10.6. The second kappa shape index (κ2) is 6.11. The fraction of sp³-hybridized carbons (Fsp3) is 0.538. The number of thiocarbonyl (C=S) groups is 1. The summed E-state index contributed by atoms with van der Waals surface area (Å²) >= 11 is 4.92. The molecule has 0 radical (unpaired) electrons. The third kappa shape index (κ3) is 3.17. The zero-order valence-corrected chi connectivity index (χ0v) is 11.4. The number of nitrogens with two attached hydrogens (primary N) is 1. The van der Waals surface area contributed by atoms with Gasteiger partial charge < -0.3 is 15.4 Å². The topological polar surface area (TPSA) is 51.4 Å². The number of hydrogen-bond donors (Lipinski definition) is 1. The number of anilines is 1. The second-order valence-electron chi connectivity index (χ2n) is 4.66. The van der Waals surface area contributed by atoms with E-state index in [0.29, 0.717) is 10.9 Å². The van der Waals surface area contributed by atoms with E-state index in [0.717, 1.165) is 43.9 Å². The van der Waals surface area contributed by atoms with Gasteiger partial charge >= 0.3 is 0 Å². The lowest BCUT2D eigenvalue weighted by molar-refractivity contribution is 0.139. The van der Waals surface area contributed by atoms with E-state index >= 15 is 0 Å². The van der Waals surface area contributed by atoms with Gasteiger partial charge in [0, 0.05) is 38.6 Å². The molecule has 2 N–H and O–H groups in total. The first-order valence-corrected chi connectivity index (χ1v) is 6.61. The van der Waals surface area contributed by atoms with Gasteiger partial charge in [-0.15, -0.1) is 0 Å². The minimum atomic E-state index is 0.396. The maximum Gasteiger partial charge on any atom is 0.128 e. The third-order valence-electron chi connectivity index (χ3n) is 3.37. The minimum Gasteiger partial charge on any atom is -0.389 e. The van der Waals surface area contributed by atoms with Crippen LogP contribution in [0.3, 0.4) is 0 Å². The van der Waals surface area contributed by atoms with Crippen LogP contribution in [-0.2, 0) is 4.74 Å². The van der Waals surface area contributed by atoms with Gasteiger partial charge in [0.1, 0.15) is 10.8 Å². The Morgan fingerprint density at radius 1 is 1.50 bits per heavy atom. The molecule has 0 unspecified atom stereocenters. The van der Waals surface area contributed by atoms with Crippen molar-refractivity contribution < 1.29 is 4.74 Å². The average molecular weight is 265 g/mol. The van der Waals surface area contributed by atoms with Gasteiger partial charge in [0.15, 0.2) is 0 Å². The van der Waals surface area contributed by atoms with Crippen LogP contribution in [0.25, 0.3) is 0 Å². The van der Waals surface area contributed by atoms with Gasteiger partial charge in [-0.05, 0) is 30.9 Å². The number of nitrogens with zero attached hydrogens (tertiary/aromatic N) is 2. The Morgan fingerprint density at radius 3 is 2.72 bits per heavy atom. The molecule has 1 saturated heterocycles. The minimum absolute atomic E-state index is 0.396. The SMILES string of the molecule is COCC1CCN(c2ccc(C(N)=S)cn2)CC1. The molecule has 1 aromatic heterocycles. The molecule has 1 fully saturated rings. The number of piperidine rings is 1. The first kappa shape index (κ1) is 13.2. The Bertz CT molecular complexity index is 399. The molecule has 0 aliphatic carbocycles. The van der Waals surface area contributed by atoms with Crippen molar-refractivity contribution in [2.75, 3.05) is 31.7 Å². The number of hydrogen-bond acceptors (Lipinski definition) is 4. The number of aromatic nitrogens is 1. The highest BCUT2D eigenvalue weighted by Gasteiger charge is 2.19. The fourth-order valence-corrected chi connectivity index (χ4v) is 2.40. The van der Waals surface area contributed by atoms with Crippen LogP contribution < -0.4 is 10.6 Å². The van der Waals surface area contributed by atoms with Crippen molar-refractivity contribution in [1.82, 2.24) is 4.98 Å². The highest BCUT2D eigenvalue weighted by Crippen LogP contribution is 2.21. The molecule has 0 saturated carbocycles. The van der Waals surface area contributed by atoms with Crippen LogP contribution in [0.4, 0.5) is 5.82 Å². The van der Waals surface area contributed by atoms with Crippen molar-refractivity contribution in [2.45, 2.75) is 12.8 Å². The van der Waals surface area contributed by atoms with Gasteiger partial charge in [0.2, 0.25) is 0 Å². The first-order chi connectivity index (χ1) is 8.70. The van der Waals surface area contributed by atoms with E-state index in [-0.39, 0.29) is 0 Å². The second-order valence-corrected chi connectivity index (χ2v) is 5.09. The Morgan fingerprint density at radius 2 is 2.22 bits per heavy atom. The summed E-state index contributed by atoms with van der Waals surface area (Å²) in [5, 5.41) is 0. The van der Waals surface area contributed by atoms with Crippen LogP contribution in [0.1, 0.15) is 18.4 Å². The van der Waals surface area contributed by atoms with Crippen molar-refractivity contribution in [1.29, 1.82) is 0 Å². The van der Waals surface area contributed by atoms with Crippen molar-refractivity contribution in [2.24, 2.45) is 11.7 Å². The smallest absolute Gasteiger partial charge is 0.128 e. The van der Waals surface area contributed by atoms with Gasteiger partial charge in [-0.25, -0.2) is 4.98 Å². The fourth-order valence-electron chi connectivity index (χ4n) is 2.28. The summed E-state index contributed by atoms with van der Waals surface area (Å²) in [6, 6.07) is 3.93. The normalized spacial score (nSPS) is 16.8. The molecule has 4 nitrogen and oxygen atoms in total. The van der Waals surface area contributed by atoms with Gasteiger partial charge in [-0.1, -0.05) is 12.2 Å². The predicted octanol–water partition coefficient (Wildman–Crippen LogP) is 1.58. The van der Waals surface area contributed by atoms with E-state index in [2.05, 4.69) is 9.88 Å². The molecule has 2 heterocycles. The van der Waals surface area contributed by atoms with Crippen molar-refractivity contribution in [3.63, 3.8) is 0 Å². The summed E-state index contributed by atoms with van der Waals surface area (Å²) in [5.41, 5.74) is 6.38. The highest BCUT2D eigenvalue weighted by atomic mass is 32.1. The van der Waals surface area contributed by atoms with E-state index in [1.54, 1.807) is 13.3 Å². The summed E-state index contributed by atoms with van der Waals surface area (Å²) in [5.74, 6) is 1.69. The van der Waals surface area contributed by atoms with Crippen LogP contribution in [0.15, 0.2) is 18.3 Å². The van der Waals surface area contributed by atoms with Crippen LogP contribution in [0.5, 0.6) is 0 Å². The van der Waals surface area contributed by atoms with Gasteiger partial charge in [0.25, 0.3) is 0 Å². The molecule has 98 valence electrons. The van der Waals surface area contributed by atoms with Crippen LogP contribution in [0, 0.1) is 5.92 Å². The first-order valence-electron chi connectivity index (χ1n) is 6.20. The van der Waals surface area contributed by atoms with Crippen molar-refractivity contribution in [3.05, 3.63) is 23.9 Å². The van der Waals surface area contributed by atoms with E-state index in [1.807, 2.05) is 12.1 Å². The van der Waals surface area contributed by atoms with Gasteiger partial charge in [-0.3, -0.25) is 0 Å². The Hall–Kier alpha value is -1.20. The molecule has 0 amide bonds. The molecule has 1 aliphatic heterocycles. The third-order valence-corrected chi connectivity index (χ3v) is 3.61. The average Bonchev–Trinajstić information content (AvgIpc) is 2.40. The monoisotopic (exact) mass is 265 g/mol. The lowest BCUT2D eigenvalue weighted by atomic mass is 9.98. The van der Waals surface area contributed by atoms with Crippen LogP contribution in [0.2, 0.25) is 0 Å². The summed E-state index contributed by atoms with van der Waals surface area (Å²) in [7, 11) is 1.77. The van der Waals surface area contributed by atoms with E-state index < -0.39 is 0 Å². The zero-order chi connectivity index (χ0) is 13.0. The lowest BCUT2D eigenvalue weighted by Crippen LogP contribution is -2.35. The predicted molar refractivity (Wildman–Crippen MR) is 76.9 cm³/mol. The molecule has 0 spiro atoms. The van der Waals surface area contributed by atoms with E-state index in [1.165, 1.54) is 0 Å². The standard InChI is InChI=1S/C13H19N3OS/c1-17-9-10-4-6-16(7-5-10)12-3-2-11(8-15-12)13(14)18/h2-3,8,10H,4-7,9H2,1H3,(H2,14,18). The molecular formula is C13H19N3OS. The molecule has 2 rings (SSSR count). The maximum absolute atomic E-state index is 5.56. The Balaban J connectivity index is 1.95. The molecule has 0 aromatic carbocycles. The number of rotatable bonds is 4. The van der Waals surface area contributed by atoms with Crippen molar-refractivity contribution in [3.8, 4) is 0 Å². The summed E-state index contributed by atoms with van der Waals surface area (Å²) < 4.78 is 5.20. The van der Waals surface area contributed by atoms with Gasteiger partial charge in [-0.2, -0.15) is 0 Å².